The number of fused-ring (bicyclic) bond motifs is 1. The minimum atomic E-state index is 0.698. The zero-order valence-electron chi connectivity index (χ0n) is 10.6. The van der Waals surface area contributed by atoms with Crippen LogP contribution in [0.2, 0.25) is 0 Å². The van der Waals surface area contributed by atoms with Gasteiger partial charge in [0.15, 0.2) is 5.82 Å². The Bertz CT molecular complexity index is 578. The van der Waals surface area contributed by atoms with E-state index in [4.69, 9.17) is 4.74 Å². The second-order valence-electron chi connectivity index (χ2n) is 4.37. The van der Waals surface area contributed by atoms with Crippen molar-refractivity contribution in [1.82, 2.24) is 24.7 Å². The predicted octanol–water partition coefficient (Wildman–Crippen LogP) is 0.925. The summed E-state index contributed by atoms with van der Waals surface area (Å²) in [5.41, 5.74) is 1.88. The van der Waals surface area contributed by atoms with E-state index in [-0.39, 0.29) is 0 Å². The van der Waals surface area contributed by atoms with Gasteiger partial charge in [0.2, 0.25) is 0 Å². The summed E-state index contributed by atoms with van der Waals surface area (Å²) in [6, 6.07) is 0. The Morgan fingerprint density at radius 1 is 1.22 bits per heavy atom. The van der Waals surface area contributed by atoms with Crippen LogP contribution in [0.15, 0.2) is 6.20 Å². The molecule has 0 fully saturated rings. The molecule has 0 aromatic carbocycles. The molecule has 18 heavy (non-hydrogen) atoms. The molecule has 6 nitrogen and oxygen atoms in total. The molecular formula is C12H15N5O. The maximum absolute atomic E-state index is 5.46. The highest BCUT2D eigenvalue weighted by molar-refractivity contribution is 5.57. The minimum Gasteiger partial charge on any atom is -0.379 e. The number of hydrogen-bond donors (Lipinski definition) is 0. The van der Waals surface area contributed by atoms with Gasteiger partial charge in [0.25, 0.3) is 0 Å². The van der Waals surface area contributed by atoms with Crippen molar-refractivity contribution in [3.05, 3.63) is 23.5 Å². The standard InChI is InChI=1S/C12H15N5O/c1-8-10(7-13-9(2)14-8)12-16-15-11-3-5-18-6-4-17(11)12/h7H,3-6H2,1-2H3. The van der Waals surface area contributed by atoms with Gasteiger partial charge in [0.1, 0.15) is 11.6 Å². The molecule has 3 heterocycles. The zero-order chi connectivity index (χ0) is 12.5. The third kappa shape index (κ3) is 1.88. The predicted molar refractivity (Wildman–Crippen MR) is 65.0 cm³/mol. The number of aromatic nitrogens is 5. The van der Waals surface area contributed by atoms with Gasteiger partial charge in [-0.15, -0.1) is 10.2 Å². The van der Waals surface area contributed by atoms with Crippen molar-refractivity contribution >= 4 is 0 Å². The monoisotopic (exact) mass is 245 g/mol. The molecular weight excluding hydrogens is 230 g/mol. The van der Waals surface area contributed by atoms with E-state index < -0.39 is 0 Å². The quantitative estimate of drug-likeness (QED) is 0.747. The van der Waals surface area contributed by atoms with Crippen LogP contribution in [0.4, 0.5) is 0 Å². The summed E-state index contributed by atoms with van der Waals surface area (Å²) in [6.45, 7) is 6.05. The van der Waals surface area contributed by atoms with Gasteiger partial charge in [0, 0.05) is 19.2 Å². The summed E-state index contributed by atoms with van der Waals surface area (Å²) >= 11 is 0. The smallest absolute Gasteiger partial charge is 0.167 e. The molecule has 1 aliphatic heterocycles. The fraction of sp³-hybridized carbons (Fsp3) is 0.500. The van der Waals surface area contributed by atoms with Crippen molar-refractivity contribution in [2.75, 3.05) is 13.2 Å². The highest BCUT2D eigenvalue weighted by atomic mass is 16.5. The van der Waals surface area contributed by atoms with E-state index in [1.54, 1.807) is 0 Å². The molecule has 0 unspecified atom stereocenters. The Balaban J connectivity index is 2.09. The summed E-state index contributed by atoms with van der Waals surface area (Å²) in [5.74, 6) is 2.59. The van der Waals surface area contributed by atoms with Gasteiger partial charge in [-0.1, -0.05) is 0 Å². The Labute approximate surface area is 105 Å². The minimum absolute atomic E-state index is 0.698. The second kappa shape index (κ2) is 4.45. The van der Waals surface area contributed by atoms with E-state index >= 15 is 0 Å². The van der Waals surface area contributed by atoms with Gasteiger partial charge in [-0.2, -0.15) is 0 Å². The Hall–Kier alpha value is -1.82. The van der Waals surface area contributed by atoms with E-state index in [0.29, 0.717) is 13.2 Å². The second-order valence-corrected chi connectivity index (χ2v) is 4.37. The van der Waals surface area contributed by atoms with Gasteiger partial charge < -0.3 is 9.30 Å². The van der Waals surface area contributed by atoms with Crippen LogP contribution in [0.25, 0.3) is 11.4 Å². The van der Waals surface area contributed by atoms with Crippen LogP contribution >= 0.6 is 0 Å². The molecule has 0 amide bonds. The van der Waals surface area contributed by atoms with Gasteiger partial charge in [-0.3, -0.25) is 0 Å². The van der Waals surface area contributed by atoms with Crippen LogP contribution in [0, 0.1) is 13.8 Å². The van der Waals surface area contributed by atoms with E-state index in [2.05, 4.69) is 24.7 Å². The van der Waals surface area contributed by atoms with Gasteiger partial charge in [-0.05, 0) is 13.8 Å². The van der Waals surface area contributed by atoms with E-state index in [1.165, 1.54) is 0 Å². The first-order valence-corrected chi connectivity index (χ1v) is 6.06. The SMILES string of the molecule is Cc1ncc(-c2nnc3n2CCOCC3)c(C)n1. The Morgan fingerprint density at radius 3 is 2.94 bits per heavy atom. The third-order valence-electron chi connectivity index (χ3n) is 3.10. The average Bonchev–Trinajstić information content (AvgIpc) is 2.59. The van der Waals surface area contributed by atoms with Crippen LogP contribution in [-0.4, -0.2) is 37.9 Å². The Morgan fingerprint density at radius 2 is 2.11 bits per heavy atom. The average molecular weight is 245 g/mol. The lowest BCUT2D eigenvalue weighted by molar-refractivity contribution is 0.140. The molecule has 0 aliphatic carbocycles. The molecule has 94 valence electrons. The summed E-state index contributed by atoms with van der Waals surface area (Å²) in [4.78, 5) is 8.62. The Kier molecular flexibility index (Phi) is 2.79. The normalized spacial score (nSPS) is 15.2. The van der Waals surface area contributed by atoms with Crippen LogP contribution in [0.1, 0.15) is 17.3 Å². The first-order chi connectivity index (χ1) is 8.75. The highest BCUT2D eigenvalue weighted by Crippen LogP contribution is 2.21. The lowest BCUT2D eigenvalue weighted by Gasteiger charge is -2.08. The number of hydrogen-bond acceptors (Lipinski definition) is 5. The highest BCUT2D eigenvalue weighted by Gasteiger charge is 2.18. The van der Waals surface area contributed by atoms with E-state index in [9.17, 15) is 0 Å². The molecule has 0 saturated carbocycles. The fourth-order valence-corrected chi connectivity index (χ4v) is 2.18. The first kappa shape index (κ1) is 11.3. The fourth-order valence-electron chi connectivity index (χ4n) is 2.18. The molecule has 0 bridgehead atoms. The molecule has 3 rings (SSSR count). The first-order valence-electron chi connectivity index (χ1n) is 6.06. The molecule has 2 aromatic heterocycles. The molecule has 0 radical (unpaired) electrons. The molecule has 1 aliphatic rings. The van der Waals surface area contributed by atoms with Crippen molar-refractivity contribution < 1.29 is 4.74 Å². The maximum Gasteiger partial charge on any atom is 0.167 e. The largest absolute Gasteiger partial charge is 0.379 e. The van der Waals surface area contributed by atoms with E-state index in [0.717, 1.165) is 41.7 Å². The molecule has 6 heteroatoms. The van der Waals surface area contributed by atoms with Crippen molar-refractivity contribution in [2.24, 2.45) is 0 Å². The summed E-state index contributed by atoms with van der Waals surface area (Å²) in [7, 11) is 0. The zero-order valence-corrected chi connectivity index (χ0v) is 10.6. The molecule has 0 N–H and O–H groups in total. The van der Waals surface area contributed by atoms with Gasteiger partial charge >= 0.3 is 0 Å². The summed E-state index contributed by atoms with van der Waals surface area (Å²) < 4.78 is 7.56. The van der Waals surface area contributed by atoms with Crippen molar-refractivity contribution in [2.45, 2.75) is 26.8 Å². The van der Waals surface area contributed by atoms with Gasteiger partial charge in [0.05, 0.1) is 24.5 Å². The third-order valence-corrected chi connectivity index (χ3v) is 3.10. The summed E-state index contributed by atoms with van der Waals surface area (Å²) in [6.07, 6.45) is 2.62. The molecule has 0 atom stereocenters. The lowest BCUT2D eigenvalue weighted by atomic mass is 10.2. The van der Waals surface area contributed by atoms with Crippen LogP contribution < -0.4 is 0 Å². The van der Waals surface area contributed by atoms with Crippen LogP contribution in [0.3, 0.4) is 0 Å². The van der Waals surface area contributed by atoms with E-state index in [1.807, 2.05) is 20.0 Å². The number of ether oxygens (including phenoxy) is 1. The van der Waals surface area contributed by atoms with Crippen LogP contribution in [-0.2, 0) is 17.7 Å². The van der Waals surface area contributed by atoms with Crippen molar-refractivity contribution in [3.8, 4) is 11.4 Å². The molecule has 0 saturated heterocycles. The topological polar surface area (TPSA) is 65.7 Å². The van der Waals surface area contributed by atoms with Crippen LogP contribution in [0.5, 0.6) is 0 Å². The summed E-state index contributed by atoms with van der Waals surface area (Å²) in [5, 5.41) is 8.51. The maximum atomic E-state index is 5.46. The number of rotatable bonds is 1. The van der Waals surface area contributed by atoms with Gasteiger partial charge in [-0.25, -0.2) is 9.97 Å². The number of nitrogens with zero attached hydrogens (tertiary/aromatic N) is 5. The van der Waals surface area contributed by atoms with Crippen molar-refractivity contribution in [1.29, 1.82) is 0 Å². The van der Waals surface area contributed by atoms with Crippen molar-refractivity contribution in [3.63, 3.8) is 0 Å². The lowest BCUT2D eigenvalue weighted by Crippen LogP contribution is -2.07. The molecule has 2 aromatic rings. The number of aryl methyl sites for hydroxylation is 2. The molecule has 0 spiro atoms.